The molecule has 11 nitrogen and oxygen atoms in total. The second-order valence-corrected chi connectivity index (χ2v) is 5.93. The van der Waals surface area contributed by atoms with E-state index < -0.39 is 16.2 Å². The first-order valence-corrected chi connectivity index (χ1v) is 8.15. The summed E-state index contributed by atoms with van der Waals surface area (Å²) in [4.78, 5) is 39.3. The van der Waals surface area contributed by atoms with Crippen LogP contribution in [-0.2, 0) is 20.6 Å². The molecule has 0 radical (unpaired) electrons. The minimum Gasteiger partial charge on any atom is -0.299 e. The minimum atomic E-state index is -0.495. The van der Waals surface area contributed by atoms with E-state index in [1.165, 1.54) is 37.0 Å². The fraction of sp³-hybridized carbons (Fsp3) is 0.176. The molecule has 0 unspecified atom stereocenters. The van der Waals surface area contributed by atoms with Gasteiger partial charge in [0.1, 0.15) is 0 Å². The van der Waals surface area contributed by atoms with Gasteiger partial charge in [-0.2, -0.15) is 10.1 Å². The molecule has 2 heterocycles. The fourth-order valence-electron chi connectivity index (χ4n) is 2.72. The molecule has 0 spiro atoms. The Morgan fingerprint density at radius 2 is 2.07 bits per heavy atom. The highest BCUT2D eigenvalue weighted by Gasteiger charge is 2.18. The monoisotopic (exact) mass is 383 g/mol. The largest absolute Gasteiger partial charge is 0.332 e. The number of aromatic nitrogens is 4. The molecule has 11 heteroatoms. The third-order valence-electron chi connectivity index (χ3n) is 4.12. The van der Waals surface area contributed by atoms with Crippen molar-refractivity contribution in [1.82, 2.24) is 18.7 Å². The van der Waals surface area contributed by atoms with E-state index in [1.807, 2.05) is 0 Å². The number of anilines is 1. The van der Waals surface area contributed by atoms with E-state index in [1.54, 1.807) is 22.8 Å². The number of benzene rings is 1. The fourth-order valence-corrected chi connectivity index (χ4v) is 2.72. The lowest BCUT2D eigenvalue weighted by Gasteiger charge is -2.06. The maximum absolute atomic E-state index is 12.5. The summed E-state index contributed by atoms with van der Waals surface area (Å²) in [5, 5.41) is 14.9. The van der Waals surface area contributed by atoms with Crippen LogP contribution in [0.15, 0.2) is 51.6 Å². The van der Waals surface area contributed by atoms with E-state index in [9.17, 15) is 19.7 Å². The lowest BCUT2D eigenvalue weighted by atomic mass is 10.2. The standard InChI is InChI=1S/C17H17N7O4/c1-4-8-23-13-14(21(2)17(26)22(3)15(13)25)19-16(23)20-18-10-11-6-5-7-12(9-11)24(27)28/h4-7,9-10H,1,8H2,2-3H3,(H,19,20)/b18-10-. The third-order valence-corrected chi connectivity index (χ3v) is 4.12. The van der Waals surface area contributed by atoms with Crippen LogP contribution >= 0.6 is 0 Å². The van der Waals surface area contributed by atoms with Gasteiger partial charge in [-0.15, -0.1) is 6.58 Å². The number of hydrogen-bond donors (Lipinski definition) is 1. The number of nitro benzene ring substituents is 1. The van der Waals surface area contributed by atoms with Gasteiger partial charge in [0.25, 0.3) is 11.2 Å². The molecule has 0 amide bonds. The Morgan fingerprint density at radius 1 is 1.32 bits per heavy atom. The number of nitrogens with one attached hydrogen (secondary N) is 1. The summed E-state index contributed by atoms with van der Waals surface area (Å²) >= 11 is 0. The molecule has 0 saturated carbocycles. The van der Waals surface area contributed by atoms with E-state index in [0.29, 0.717) is 5.56 Å². The Balaban J connectivity index is 2.04. The molecule has 2 aromatic heterocycles. The lowest BCUT2D eigenvalue weighted by Crippen LogP contribution is -2.37. The summed E-state index contributed by atoms with van der Waals surface area (Å²) < 4.78 is 3.82. The second kappa shape index (κ2) is 7.31. The zero-order valence-electron chi connectivity index (χ0n) is 15.2. The predicted molar refractivity (Wildman–Crippen MR) is 105 cm³/mol. The number of hydrazone groups is 1. The van der Waals surface area contributed by atoms with Crippen LogP contribution in [0.5, 0.6) is 0 Å². The number of non-ortho nitro benzene ring substituents is 1. The van der Waals surface area contributed by atoms with Gasteiger partial charge in [-0.3, -0.25) is 28.6 Å². The van der Waals surface area contributed by atoms with Gasteiger partial charge in [-0.05, 0) is 0 Å². The Kier molecular flexibility index (Phi) is 4.90. The van der Waals surface area contributed by atoms with Crippen LogP contribution in [0, 0.1) is 10.1 Å². The highest BCUT2D eigenvalue weighted by Crippen LogP contribution is 2.16. The maximum atomic E-state index is 12.5. The molecule has 0 atom stereocenters. The summed E-state index contributed by atoms with van der Waals surface area (Å²) in [5.41, 5.74) is 2.64. The van der Waals surface area contributed by atoms with Gasteiger partial charge >= 0.3 is 5.69 Å². The van der Waals surface area contributed by atoms with Crippen LogP contribution in [0.1, 0.15) is 5.56 Å². The van der Waals surface area contributed by atoms with Crippen LogP contribution in [0.4, 0.5) is 11.6 Å². The minimum absolute atomic E-state index is 0.0543. The quantitative estimate of drug-likeness (QED) is 0.292. The molecule has 0 aliphatic rings. The highest BCUT2D eigenvalue weighted by molar-refractivity contribution is 5.81. The van der Waals surface area contributed by atoms with Crippen molar-refractivity contribution in [2.45, 2.75) is 6.54 Å². The van der Waals surface area contributed by atoms with Crippen molar-refractivity contribution in [2.75, 3.05) is 5.43 Å². The van der Waals surface area contributed by atoms with Gasteiger partial charge in [0.15, 0.2) is 11.2 Å². The summed E-state index contributed by atoms with van der Waals surface area (Å²) in [5.74, 6) is 0.231. The first kappa shape index (κ1) is 18.8. The molecular weight excluding hydrogens is 366 g/mol. The average Bonchev–Trinajstić information content (AvgIpc) is 3.04. The number of allylic oxidation sites excluding steroid dienone is 1. The summed E-state index contributed by atoms with van der Waals surface area (Å²) in [6.45, 7) is 3.94. The Hall–Kier alpha value is -4.02. The second-order valence-electron chi connectivity index (χ2n) is 5.93. The lowest BCUT2D eigenvalue weighted by molar-refractivity contribution is -0.384. The average molecular weight is 383 g/mol. The van der Waals surface area contributed by atoms with Crippen LogP contribution in [0.2, 0.25) is 0 Å². The van der Waals surface area contributed by atoms with Crippen LogP contribution in [0.25, 0.3) is 11.2 Å². The van der Waals surface area contributed by atoms with Gasteiger partial charge in [0.2, 0.25) is 5.95 Å². The summed E-state index contributed by atoms with van der Waals surface area (Å²) in [7, 11) is 2.91. The van der Waals surface area contributed by atoms with Gasteiger partial charge in [0.05, 0.1) is 11.1 Å². The molecular formula is C17H17N7O4. The Morgan fingerprint density at radius 3 is 2.75 bits per heavy atom. The van der Waals surface area contributed by atoms with Crippen LogP contribution in [0.3, 0.4) is 0 Å². The zero-order chi connectivity index (χ0) is 20.4. The summed E-state index contributed by atoms with van der Waals surface area (Å²) in [6, 6.07) is 5.96. The van der Waals surface area contributed by atoms with Crippen molar-refractivity contribution < 1.29 is 4.92 Å². The van der Waals surface area contributed by atoms with Gasteiger partial charge in [-0.1, -0.05) is 18.2 Å². The van der Waals surface area contributed by atoms with Crippen molar-refractivity contribution in [2.24, 2.45) is 19.2 Å². The molecule has 1 N–H and O–H groups in total. The van der Waals surface area contributed by atoms with E-state index in [0.717, 1.165) is 4.57 Å². The highest BCUT2D eigenvalue weighted by atomic mass is 16.6. The number of imidazole rings is 1. The first-order chi connectivity index (χ1) is 13.3. The number of rotatable bonds is 6. The Labute approximate surface area is 158 Å². The normalized spacial score (nSPS) is 11.2. The molecule has 3 aromatic rings. The van der Waals surface area contributed by atoms with Crippen molar-refractivity contribution >= 4 is 29.0 Å². The summed E-state index contributed by atoms with van der Waals surface area (Å²) in [6.07, 6.45) is 2.98. The Bertz CT molecular complexity index is 1230. The zero-order valence-corrected chi connectivity index (χ0v) is 15.2. The van der Waals surface area contributed by atoms with E-state index in [-0.39, 0.29) is 29.3 Å². The van der Waals surface area contributed by atoms with E-state index in [2.05, 4.69) is 22.1 Å². The molecule has 1 aromatic carbocycles. The SMILES string of the molecule is C=CCn1c(N/N=C\c2cccc([N+](=O)[O-])c2)nc2c1c(=O)n(C)c(=O)n2C. The molecule has 3 rings (SSSR count). The third kappa shape index (κ3) is 3.20. The molecule has 0 saturated heterocycles. The molecule has 0 aliphatic heterocycles. The van der Waals surface area contributed by atoms with Crippen molar-refractivity contribution in [3.8, 4) is 0 Å². The van der Waals surface area contributed by atoms with Gasteiger partial charge in [0, 0.05) is 38.3 Å². The number of hydrogen-bond acceptors (Lipinski definition) is 7. The molecule has 0 bridgehead atoms. The van der Waals surface area contributed by atoms with E-state index in [4.69, 9.17) is 0 Å². The van der Waals surface area contributed by atoms with Crippen molar-refractivity contribution in [3.63, 3.8) is 0 Å². The van der Waals surface area contributed by atoms with Crippen LogP contribution in [-0.4, -0.2) is 29.8 Å². The topological polar surface area (TPSA) is 129 Å². The van der Waals surface area contributed by atoms with Crippen molar-refractivity contribution in [1.29, 1.82) is 0 Å². The van der Waals surface area contributed by atoms with Crippen molar-refractivity contribution in [3.05, 3.63) is 73.4 Å². The molecule has 144 valence electrons. The maximum Gasteiger partial charge on any atom is 0.332 e. The van der Waals surface area contributed by atoms with Crippen LogP contribution < -0.4 is 16.7 Å². The smallest absolute Gasteiger partial charge is 0.299 e. The molecule has 0 aliphatic carbocycles. The predicted octanol–water partition coefficient (Wildman–Crippen LogP) is 0.974. The van der Waals surface area contributed by atoms with Gasteiger partial charge < -0.3 is 0 Å². The van der Waals surface area contributed by atoms with Gasteiger partial charge in [-0.25, -0.2) is 10.2 Å². The van der Waals surface area contributed by atoms with E-state index >= 15 is 0 Å². The number of aryl methyl sites for hydroxylation is 1. The number of nitro groups is 1. The number of nitrogens with zero attached hydrogens (tertiary/aromatic N) is 6. The first-order valence-electron chi connectivity index (χ1n) is 8.15. The number of fused-ring (bicyclic) bond motifs is 1. The molecule has 28 heavy (non-hydrogen) atoms. The molecule has 0 fully saturated rings.